The van der Waals surface area contributed by atoms with Gasteiger partial charge >= 0.3 is 8.25 Å². The molecule has 0 spiro atoms. The van der Waals surface area contributed by atoms with Gasteiger partial charge in [-0.3, -0.25) is 13.6 Å². The van der Waals surface area contributed by atoms with Gasteiger partial charge in [-0.05, 0) is 106 Å². The summed E-state index contributed by atoms with van der Waals surface area (Å²) in [7, 11) is -3.67. The van der Waals surface area contributed by atoms with E-state index in [0.717, 1.165) is 0 Å². The summed E-state index contributed by atoms with van der Waals surface area (Å²) in [5, 5.41) is 61.0. The molecule has 6 rings (SSSR count). The maximum atomic E-state index is 14.8. The number of hydrogen-bond donors (Lipinski definition) is 6. The first-order valence-corrected chi connectivity index (χ1v) is 16.0. The van der Waals surface area contributed by atoms with E-state index in [0.29, 0.717) is 33.4 Å². The summed E-state index contributed by atoms with van der Waals surface area (Å²) in [5.41, 5.74) is -0.658. The molecule has 242 valence electrons. The summed E-state index contributed by atoms with van der Waals surface area (Å²) in [6.45, 7) is 0. The monoisotopic (exact) mass is 662 g/mol. The Kier molecular flexibility index (Phi) is 8.84. The molecule has 0 aliphatic carbocycles. The highest BCUT2D eigenvalue weighted by molar-refractivity contribution is 7.33. The molecule has 0 unspecified atom stereocenters. The zero-order valence-corrected chi connectivity index (χ0v) is 26.3. The molecule has 0 radical (unpaired) electrons. The Balaban J connectivity index is 1.59. The van der Waals surface area contributed by atoms with Crippen LogP contribution in [-0.4, -0.2) is 30.6 Å². The molecule has 6 N–H and O–H groups in total. The van der Waals surface area contributed by atoms with Crippen molar-refractivity contribution < 1.29 is 44.3 Å². The first kappa shape index (κ1) is 32.2. The van der Waals surface area contributed by atoms with Crippen LogP contribution >= 0.6 is 8.25 Å². The van der Waals surface area contributed by atoms with Gasteiger partial charge in [0.05, 0.1) is 0 Å². The SMILES string of the molecule is O=[PH](OC(c1ccc(O)cc1)(c1ccc(O)cc1)c1ccc(O)cc1)OC(c1ccc(O)cc1)(c1ccc(O)cc1)c1ccc(O)cc1. The molecule has 0 aliphatic heterocycles. The number of phenolic OH excluding ortho intramolecular Hbond substituents is 6. The molecule has 0 saturated carbocycles. The molecule has 0 bridgehead atoms. The highest BCUT2D eigenvalue weighted by atomic mass is 31.1. The Hall–Kier alpha value is -5.73. The quantitative estimate of drug-likeness (QED) is 0.0641. The zero-order valence-electron chi connectivity index (χ0n) is 25.3. The van der Waals surface area contributed by atoms with E-state index in [1.165, 1.54) is 72.8 Å². The fourth-order valence-corrected chi connectivity index (χ4v) is 7.05. The van der Waals surface area contributed by atoms with Crippen molar-refractivity contribution >= 4 is 8.25 Å². The number of rotatable bonds is 10. The van der Waals surface area contributed by atoms with Crippen LogP contribution < -0.4 is 0 Å². The molecule has 0 saturated heterocycles. The summed E-state index contributed by atoms with van der Waals surface area (Å²) in [6, 6.07) is 36.8. The van der Waals surface area contributed by atoms with Crippen LogP contribution in [0.3, 0.4) is 0 Å². The molecule has 6 aromatic rings. The van der Waals surface area contributed by atoms with Crippen LogP contribution in [0.2, 0.25) is 0 Å². The van der Waals surface area contributed by atoms with Crippen molar-refractivity contribution in [2.45, 2.75) is 11.2 Å². The van der Waals surface area contributed by atoms with Gasteiger partial charge in [-0.25, -0.2) is 0 Å². The second kappa shape index (κ2) is 13.2. The smallest absolute Gasteiger partial charge is 0.322 e. The Labute approximate surface area is 276 Å². The van der Waals surface area contributed by atoms with E-state index >= 15 is 0 Å². The minimum atomic E-state index is -3.67. The van der Waals surface area contributed by atoms with E-state index < -0.39 is 19.5 Å². The van der Waals surface area contributed by atoms with Gasteiger partial charge in [-0.1, -0.05) is 72.8 Å². The van der Waals surface area contributed by atoms with E-state index in [9.17, 15) is 35.2 Å². The number of aromatic hydroxyl groups is 6. The average molecular weight is 663 g/mol. The number of benzene rings is 6. The molecule has 10 heteroatoms. The van der Waals surface area contributed by atoms with Crippen molar-refractivity contribution in [1.82, 2.24) is 0 Å². The second-order valence-electron chi connectivity index (χ2n) is 11.1. The first-order valence-electron chi connectivity index (χ1n) is 14.8. The molecular formula is C38H31O9P. The predicted octanol–water partition coefficient (Wildman–Crippen LogP) is 7.63. The Morgan fingerprint density at radius 3 is 0.604 bits per heavy atom. The summed E-state index contributed by atoms with van der Waals surface area (Å²) < 4.78 is 28.0. The fraction of sp³-hybridized carbons (Fsp3) is 0.0526. The van der Waals surface area contributed by atoms with Crippen LogP contribution in [0, 0.1) is 0 Å². The summed E-state index contributed by atoms with van der Waals surface area (Å²) in [5.74, 6) is -0.0890. The van der Waals surface area contributed by atoms with Gasteiger partial charge in [0.2, 0.25) is 0 Å². The third-order valence-corrected chi connectivity index (χ3v) is 9.06. The van der Waals surface area contributed by atoms with Gasteiger partial charge in [-0.15, -0.1) is 0 Å². The molecule has 0 heterocycles. The number of hydrogen-bond acceptors (Lipinski definition) is 9. The molecule has 0 amide bonds. The second-order valence-corrected chi connectivity index (χ2v) is 12.0. The molecule has 9 nitrogen and oxygen atoms in total. The largest absolute Gasteiger partial charge is 0.508 e. The Bertz CT molecular complexity index is 1640. The van der Waals surface area contributed by atoms with Crippen LogP contribution in [0.4, 0.5) is 0 Å². The lowest BCUT2D eigenvalue weighted by Crippen LogP contribution is -2.34. The fourth-order valence-electron chi connectivity index (χ4n) is 5.80. The zero-order chi connectivity index (χ0) is 33.9. The Morgan fingerprint density at radius 1 is 0.312 bits per heavy atom. The van der Waals surface area contributed by atoms with Gasteiger partial charge in [-0.2, -0.15) is 0 Å². The highest BCUT2D eigenvalue weighted by Crippen LogP contribution is 2.54. The van der Waals surface area contributed by atoms with E-state index in [4.69, 9.17) is 9.05 Å². The third-order valence-electron chi connectivity index (χ3n) is 8.12. The predicted molar refractivity (Wildman–Crippen MR) is 180 cm³/mol. The van der Waals surface area contributed by atoms with Crippen molar-refractivity contribution in [1.29, 1.82) is 0 Å². The van der Waals surface area contributed by atoms with Crippen LogP contribution in [0.25, 0.3) is 0 Å². The molecule has 0 fully saturated rings. The normalized spacial score (nSPS) is 11.9. The molecule has 48 heavy (non-hydrogen) atoms. The van der Waals surface area contributed by atoms with Gasteiger partial charge in [0.1, 0.15) is 34.5 Å². The standard InChI is InChI=1S/C38H31O9P/c39-31-13-1-25(2-14-31)37(26-3-15-32(40)16-4-26,27-5-17-33(41)18-6-27)46-48(45)47-38(28-7-19-34(42)20-8-28,29-9-21-35(43)22-10-29)30-11-23-36(44)24-12-30/h1-24,39-44,48H. The van der Waals surface area contributed by atoms with Crippen LogP contribution in [0.5, 0.6) is 34.5 Å². The van der Waals surface area contributed by atoms with Gasteiger partial charge in [0.15, 0.2) is 11.2 Å². The van der Waals surface area contributed by atoms with Crippen molar-refractivity contribution in [3.63, 3.8) is 0 Å². The Morgan fingerprint density at radius 2 is 0.458 bits per heavy atom. The van der Waals surface area contributed by atoms with E-state index in [-0.39, 0.29) is 34.5 Å². The van der Waals surface area contributed by atoms with Crippen molar-refractivity contribution in [3.05, 3.63) is 179 Å². The lowest BCUT2D eigenvalue weighted by molar-refractivity contribution is 0.0828. The molecular weight excluding hydrogens is 631 g/mol. The van der Waals surface area contributed by atoms with E-state index in [1.807, 2.05) is 0 Å². The molecule has 6 aromatic carbocycles. The highest BCUT2D eigenvalue weighted by Gasteiger charge is 2.45. The average Bonchev–Trinajstić information content (AvgIpc) is 3.09. The van der Waals surface area contributed by atoms with Gasteiger partial charge < -0.3 is 30.6 Å². The van der Waals surface area contributed by atoms with Crippen molar-refractivity contribution in [2.24, 2.45) is 0 Å². The molecule has 0 aliphatic rings. The third kappa shape index (κ3) is 6.18. The summed E-state index contributed by atoms with van der Waals surface area (Å²) >= 11 is 0. The van der Waals surface area contributed by atoms with Gasteiger partial charge in [0, 0.05) is 0 Å². The minimum Gasteiger partial charge on any atom is -0.508 e. The van der Waals surface area contributed by atoms with Gasteiger partial charge in [0.25, 0.3) is 0 Å². The van der Waals surface area contributed by atoms with Crippen LogP contribution in [0.1, 0.15) is 33.4 Å². The van der Waals surface area contributed by atoms with Crippen LogP contribution in [0.15, 0.2) is 146 Å². The lowest BCUT2D eigenvalue weighted by Gasteiger charge is -2.39. The summed E-state index contributed by atoms with van der Waals surface area (Å²) in [6.07, 6.45) is 0. The van der Waals surface area contributed by atoms with Crippen LogP contribution in [-0.2, 0) is 24.8 Å². The van der Waals surface area contributed by atoms with Crippen molar-refractivity contribution in [3.8, 4) is 34.5 Å². The van der Waals surface area contributed by atoms with E-state index in [2.05, 4.69) is 0 Å². The first-order chi connectivity index (χ1) is 23.1. The maximum absolute atomic E-state index is 14.8. The number of phenols is 6. The van der Waals surface area contributed by atoms with E-state index in [1.54, 1.807) is 72.8 Å². The molecule has 0 atom stereocenters. The minimum absolute atomic E-state index is 0.0148. The lowest BCUT2D eigenvalue weighted by atomic mass is 9.80. The maximum Gasteiger partial charge on any atom is 0.322 e. The van der Waals surface area contributed by atoms with Crippen molar-refractivity contribution in [2.75, 3.05) is 0 Å². The topological polar surface area (TPSA) is 157 Å². The molecule has 0 aromatic heterocycles. The summed E-state index contributed by atoms with van der Waals surface area (Å²) in [4.78, 5) is 0.